The summed E-state index contributed by atoms with van der Waals surface area (Å²) >= 11 is 0. The van der Waals surface area contributed by atoms with E-state index in [2.05, 4.69) is 0 Å². The lowest BCUT2D eigenvalue weighted by atomic mass is 10.1. The van der Waals surface area contributed by atoms with Gasteiger partial charge >= 0.3 is 23.9 Å². The number of esters is 4. The molecule has 0 saturated carbocycles. The normalized spacial score (nSPS) is 10.2. The number of ether oxygens (including phenoxy) is 2. The number of carbonyl (C=O) groups excluding carboxylic acids is 4. The molecule has 0 radical (unpaired) electrons. The van der Waals surface area contributed by atoms with E-state index in [9.17, 15) is 19.2 Å². The predicted octanol–water partition coefficient (Wildman–Crippen LogP) is 4.30. The highest BCUT2D eigenvalue weighted by molar-refractivity contribution is 6.04. The molecule has 0 aromatic heterocycles. The first-order valence-corrected chi connectivity index (χ1v) is 9.10. The maximum Gasteiger partial charge on any atom is 0.346 e. The first-order chi connectivity index (χ1) is 14.3. The van der Waals surface area contributed by atoms with Crippen LogP contribution in [0.15, 0.2) is 72.8 Å². The second kappa shape index (κ2) is 8.96. The van der Waals surface area contributed by atoms with E-state index in [4.69, 9.17) is 9.47 Å². The third-order valence-electron chi connectivity index (χ3n) is 4.30. The molecule has 0 atom stereocenters. The summed E-state index contributed by atoms with van der Waals surface area (Å²) in [5, 5.41) is 0. The molecule has 0 aliphatic rings. The van der Waals surface area contributed by atoms with Gasteiger partial charge in [-0.1, -0.05) is 35.4 Å². The van der Waals surface area contributed by atoms with E-state index in [1.165, 1.54) is 24.3 Å². The van der Waals surface area contributed by atoms with Gasteiger partial charge in [-0.3, -0.25) is 0 Å². The van der Waals surface area contributed by atoms with Crippen molar-refractivity contribution in [2.75, 3.05) is 0 Å². The monoisotopic (exact) mass is 402 g/mol. The molecule has 3 rings (SSSR count). The molecule has 0 saturated heterocycles. The van der Waals surface area contributed by atoms with Crippen LogP contribution in [-0.4, -0.2) is 23.9 Å². The summed E-state index contributed by atoms with van der Waals surface area (Å²) in [4.78, 5) is 48.4. The Morgan fingerprint density at radius 2 is 0.633 bits per heavy atom. The van der Waals surface area contributed by atoms with Crippen molar-refractivity contribution in [2.45, 2.75) is 13.8 Å². The molecular formula is C24H18O6. The van der Waals surface area contributed by atoms with Gasteiger partial charge in [0.2, 0.25) is 0 Å². The van der Waals surface area contributed by atoms with E-state index in [0.717, 1.165) is 11.1 Å². The summed E-state index contributed by atoms with van der Waals surface area (Å²) < 4.78 is 9.69. The van der Waals surface area contributed by atoms with Crippen molar-refractivity contribution in [2.24, 2.45) is 0 Å². The van der Waals surface area contributed by atoms with Gasteiger partial charge in [0.25, 0.3) is 0 Å². The van der Waals surface area contributed by atoms with Crippen LogP contribution in [0.2, 0.25) is 0 Å². The van der Waals surface area contributed by atoms with E-state index in [-0.39, 0.29) is 22.3 Å². The van der Waals surface area contributed by atoms with Crippen LogP contribution in [-0.2, 0) is 9.47 Å². The van der Waals surface area contributed by atoms with Crippen molar-refractivity contribution >= 4 is 23.9 Å². The van der Waals surface area contributed by atoms with E-state index >= 15 is 0 Å². The summed E-state index contributed by atoms with van der Waals surface area (Å²) in [6, 6.07) is 18.5. The molecule has 0 unspecified atom stereocenters. The molecule has 3 aromatic rings. The van der Waals surface area contributed by atoms with Gasteiger partial charge in [-0.2, -0.15) is 0 Å². The van der Waals surface area contributed by atoms with Crippen molar-refractivity contribution in [3.8, 4) is 0 Å². The molecule has 0 amide bonds. The third-order valence-corrected chi connectivity index (χ3v) is 4.30. The van der Waals surface area contributed by atoms with Crippen LogP contribution in [0.4, 0.5) is 0 Å². The van der Waals surface area contributed by atoms with E-state index < -0.39 is 23.9 Å². The van der Waals surface area contributed by atoms with Crippen molar-refractivity contribution < 1.29 is 28.7 Å². The highest BCUT2D eigenvalue weighted by atomic mass is 16.6. The van der Waals surface area contributed by atoms with Gasteiger partial charge in [0.05, 0.1) is 22.3 Å². The van der Waals surface area contributed by atoms with Crippen LogP contribution in [0.1, 0.15) is 52.6 Å². The number of hydrogen-bond donors (Lipinski definition) is 0. The zero-order valence-electron chi connectivity index (χ0n) is 16.4. The lowest BCUT2D eigenvalue weighted by Gasteiger charge is -2.06. The Morgan fingerprint density at radius 3 is 0.867 bits per heavy atom. The molecule has 0 spiro atoms. The second-order valence-corrected chi connectivity index (χ2v) is 6.66. The molecule has 3 aromatic carbocycles. The van der Waals surface area contributed by atoms with Gasteiger partial charge in [-0.15, -0.1) is 0 Å². The third kappa shape index (κ3) is 5.05. The Morgan fingerprint density at radius 1 is 0.433 bits per heavy atom. The van der Waals surface area contributed by atoms with Gasteiger partial charge < -0.3 is 9.47 Å². The predicted molar refractivity (Wildman–Crippen MR) is 108 cm³/mol. The maximum absolute atomic E-state index is 12.2. The molecule has 0 fully saturated rings. The Kier molecular flexibility index (Phi) is 6.17. The molecule has 6 heteroatoms. The SMILES string of the molecule is Cc1ccc(C(=O)OC(=O)c2ccc(C(=O)OC(=O)c3ccc(C)cc3)cc2)cc1. The summed E-state index contributed by atoms with van der Waals surface area (Å²) in [5.41, 5.74) is 2.61. The minimum Gasteiger partial charge on any atom is -0.386 e. The highest BCUT2D eigenvalue weighted by Gasteiger charge is 2.18. The fraction of sp³-hybridized carbons (Fsp3) is 0.0833. The minimum atomic E-state index is -0.851. The standard InChI is InChI=1S/C24H18O6/c1-15-3-7-17(8-4-15)21(25)29-23(27)19-11-13-20(14-12-19)24(28)30-22(26)18-9-5-16(2)6-10-18/h3-14H,1-2H3. The number of aryl methyl sites for hydroxylation is 2. The van der Waals surface area contributed by atoms with E-state index in [1.54, 1.807) is 48.5 Å². The summed E-state index contributed by atoms with van der Waals surface area (Å²) in [6.07, 6.45) is 0. The van der Waals surface area contributed by atoms with Gasteiger partial charge in [0, 0.05) is 0 Å². The Hall–Kier alpha value is -4.06. The van der Waals surface area contributed by atoms with Crippen LogP contribution < -0.4 is 0 Å². The Labute approximate surface area is 173 Å². The van der Waals surface area contributed by atoms with Crippen LogP contribution in [0.5, 0.6) is 0 Å². The first-order valence-electron chi connectivity index (χ1n) is 9.10. The molecule has 0 aliphatic heterocycles. The fourth-order valence-corrected chi connectivity index (χ4v) is 2.53. The van der Waals surface area contributed by atoms with E-state index in [0.29, 0.717) is 0 Å². The quantitative estimate of drug-likeness (QED) is 0.478. The van der Waals surface area contributed by atoms with Gasteiger partial charge in [0.15, 0.2) is 0 Å². The smallest absolute Gasteiger partial charge is 0.346 e. The van der Waals surface area contributed by atoms with Crippen LogP contribution in [0.25, 0.3) is 0 Å². The summed E-state index contributed by atoms with van der Waals surface area (Å²) in [5.74, 6) is -3.24. The van der Waals surface area contributed by atoms with Crippen molar-refractivity contribution in [3.63, 3.8) is 0 Å². The highest BCUT2D eigenvalue weighted by Crippen LogP contribution is 2.12. The van der Waals surface area contributed by atoms with Crippen molar-refractivity contribution in [1.29, 1.82) is 0 Å². The zero-order valence-corrected chi connectivity index (χ0v) is 16.4. The van der Waals surface area contributed by atoms with Crippen molar-refractivity contribution in [1.82, 2.24) is 0 Å². The number of rotatable bonds is 4. The number of carbonyl (C=O) groups is 4. The summed E-state index contributed by atoms with van der Waals surface area (Å²) in [6.45, 7) is 3.75. The molecule has 150 valence electrons. The molecule has 30 heavy (non-hydrogen) atoms. The lowest BCUT2D eigenvalue weighted by Crippen LogP contribution is -2.14. The van der Waals surface area contributed by atoms with Crippen LogP contribution in [0, 0.1) is 13.8 Å². The largest absolute Gasteiger partial charge is 0.386 e. The molecule has 6 nitrogen and oxygen atoms in total. The first kappa shape index (κ1) is 20.7. The molecule has 0 N–H and O–H groups in total. The summed E-state index contributed by atoms with van der Waals surface area (Å²) in [7, 11) is 0. The molecule has 0 heterocycles. The zero-order chi connectivity index (χ0) is 21.7. The number of benzene rings is 3. The van der Waals surface area contributed by atoms with Gasteiger partial charge in [0.1, 0.15) is 0 Å². The molecular weight excluding hydrogens is 384 g/mol. The fourth-order valence-electron chi connectivity index (χ4n) is 2.53. The minimum absolute atomic E-state index is 0.0804. The average Bonchev–Trinajstić information content (AvgIpc) is 2.74. The maximum atomic E-state index is 12.2. The second-order valence-electron chi connectivity index (χ2n) is 6.66. The number of hydrogen-bond acceptors (Lipinski definition) is 6. The Balaban J connectivity index is 1.62. The van der Waals surface area contributed by atoms with Crippen LogP contribution >= 0.6 is 0 Å². The molecule has 0 bridgehead atoms. The van der Waals surface area contributed by atoms with Crippen LogP contribution in [0.3, 0.4) is 0 Å². The Bertz CT molecular complexity index is 1000. The topological polar surface area (TPSA) is 86.7 Å². The van der Waals surface area contributed by atoms with Gasteiger partial charge in [-0.05, 0) is 62.4 Å². The average molecular weight is 402 g/mol. The van der Waals surface area contributed by atoms with E-state index in [1.807, 2.05) is 13.8 Å². The van der Waals surface area contributed by atoms with Gasteiger partial charge in [-0.25, -0.2) is 19.2 Å². The van der Waals surface area contributed by atoms with Crippen molar-refractivity contribution in [3.05, 3.63) is 106 Å². The molecule has 0 aliphatic carbocycles. The lowest BCUT2D eigenvalue weighted by molar-refractivity contribution is 0.0376.